The summed E-state index contributed by atoms with van der Waals surface area (Å²) in [6, 6.07) is 14.7. The zero-order chi connectivity index (χ0) is 26.3. The van der Waals surface area contributed by atoms with E-state index < -0.39 is 21.4 Å². The fraction of sp³-hybridized carbons (Fsp3) is 0.407. The van der Waals surface area contributed by atoms with Gasteiger partial charge in [0.25, 0.3) is 0 Å². The first-order chi connectivity index (χ1) is 17.1. The third kappa shape index (κ3) is 7.02. The maximum absolute atomic E-state index is 14.1. The van der Waals surface area contributed by atoms with Crippen molar-refractivity contribution in [3.05, 3.63) is 83.4 Å². The first-order valence-corrected chi connectivity index (χ1v) is 13.3. The Morgan fingerprint density at radius 1 is 0.806 bits per heavy atom. The minimum absolute atomic E-state index is 0.186. The lowest BCUT2D eigenvalue weighted by Gasteiger charge is -2.31. The molecule has 0 fully saturated rings. The Bertz CT molecular complexity index is 1150. The molecular formula is C27H35N3O5S. The van der Waals surface area contributed by atoms with Crippen LogP contribution < -0.4 is 9.47 Å². The van der Waals surface area contributed by atoms with Crippen LogP contribution in [0, 0.1) is 6.92 Å². The molecule has 36 heavy (non-hydrogen) atoms. The van der Waals surface area contributed by atoms with E-state index in [9.17, 15) is 8.42 Å². The maximum Gasteiger partial charge on any atom is 0.220 e. The van der Waals surface area contributed by atoms with E-state index in [1.165, 1.54) is 4.31 Å². The fourth-order valence-corrected chi connectivity index (χ4v) is 5.35. The topological polar surface area (TPSA) is 90.9 Å². The van der Waals surface area contributed by atoms with Crippen molar-refractivity contribution >= 4 is 10.0 Å². The molecule has 1 aromatic heterocycles. The number of nitrogens with zero attached hydrogens (tertiary/aromatic N) is 3. The van der Waals surface area contributed by atoms with Crippen LogP contribution in [0.15, 0.2) is 60.9 Å². The van der Waals surface area contributed by atoms with Crippen LogP contribution in [0.2, 0.25) is 0 Å². The van der Waals surface area contributed by atoms with Gasteiger partial charge in [-0.1, -0.05) is 24.3 Å². The van der Waals surface area contributed by atoms with E-state index in [2.05, 4.69) is 9.97 Å². The van der Waals surface area contributed by atoms with Gasteiger partial charge in [0.1, 0.15) is 22.9 Å². The molecular weight excluding hydrogens is 478 g/mol. The largest absolute Gasteiger partial charge is 0.497 e. The average Bonchev–Trinajstić information content (AvgIpc) is 2.87. The number of sulfonamides is 1. The molecule has 1 heterocycles. The second-order valence-electron chi connectivity index (χ2n) is 8.94. The number of hydrogen-bond acceptors (Lipinski definition) is 7. The summed E-state index contributed by atoms with van der Waals surface area (Å²) in [5.74, 6) is 1.76. The van der Waals surface area contributed by atoms with Crippen LogP contribution in [0.1, 0.15) is 49.4 Å². The highest BCUT2D eigenvalue weighted by Gasteiger charge is 2.38. The monoisotopic (exact) mass is 513 g/mol. The van der Waals surface area contributed by atoms with Crippen LogP contribution >= 0.6 is 0 Å². The second-order valence-corrected chi connectivity index (χ2v) is 11.2. The molecule has 194 valence electrons. The molecule has 2 aromatic carbocycles. The van der Waals surface area contributed by atoms with E-state index in [4.69, 9.17) is 14.2 Å². The highest BCUT2D eigenvalue weighted by Crippen LogP contribution is 2.29. The SMILES string of the molecule is COc1ccc(CN(Cc2ccc(OC)cc2)S(=O)(=O)[C@@H](C)[C@H](OC(C)C)c2ncc(C)cn2)cc1. The number of benzene rings is 2. The van der Waals surface area contributed by atoms with Crippen molar-refractivity contribution in [3.63, 3.8) is 0 Å². The number of hydrogen-bond donors (Lipinski definition) is 0. The van der Waals surface area contributed by atoms with E-state index in [-0.39, 0.29) is 19.2 Å². The van der Waals surface area contributed by atoms with Crippen molar-refractivity contribution in [3.8, 4) is 11.5 Å². The third-order valence-electron chi connectivity index (χ3n) is 5.77. The Morgan fingerprint density at radius 3 is 1.64 bits per heavy atom. The third-order valence-corrected chi connectivity index (χ3v) is 7.93. The van der Waals surface area contributed by atoms with Crippen molar-refractivity contribution < 1.29 is 22.6 Å². The van der Waals surface area contributed by atoms with Gasteiger partial charge in [0.2, 0.25) is 10.0 Å². The van der Waals surface area contributed by atoms with Crippen LogP contribution in [-0.2, 0) is 27.8 Å². The Hall–Kier alpha value is -3.01. The van der Waals surface area contributed by atoms with Gasteiger partial charge in [0.05, 0.1) is 20.3 Å². The molecule has 0 saturated heterocycles. The van der Waals surface area contributed by atoms with Gasteiger partial charge in [-0.05, 0) is 68.7 Å². The number of ether oxygens (including phenoxy) is 3. The molecule has 9 heteroatoms. The summed E-state index contributed by atoms with van der Waals surface area (Å²) in [5.41, 5.74) is 2.57. The number of aromatic nitrogens is 2. The van der Waals surface area contributed by atoms with Crippen LogP contribution in [0.25, 0.3) is 0 Å². The zero-order valence-corrected chi connectivity index (χ0v) is 22.5. The Kier molecular flexibility index (Phi) is 9.42. The summed E-state index contributed by atoms with van der Waals surface area (Å²) >= 11 is 0. The van der Waals surface area contributed by atoms with Gasteiger partial charge in [-0.15, -0.1) is 0 Å². The minimum atomic E-state index is -3.87. The van der Waals surface area contributed by atoms with Gasteiger partial charge in [-0.2, -0.15) is 4.31 Å². The fourth-order valence-electron chi connectivity index (χ4n) is 3.72. The average molecular weight is 514 g/mol. The first-order valence-electron chi connectivity index (χ1n) is 11.8. The lowest BCUT2D eigenvalue weighted by molar-refractivity contribution is 0.000552. The van der Waals surface area contributed by atoms with Crippen molar-refractivity contribution in [1.29, 1.82) is 0 Å². The van der Waals surface area contributed by atoms with E-state index in [0.29, 0.717) is 17.3 Å². The molecule has 3 aromatic rings. The van der Waals surface area contributed by atoms with Gasteiger partial charge in [0, 0.05) is 25.5 Å². The van der Waals surface area contributed by atoms with Crippen molar-refractivity contribution in [2.24, 2.45) is 0 Å². The van der Waals surface area contributed by atoms with Crippen LogP contribution in [0.5, 0.6) is 11.5 Å². The molecule has 3 rings (SSSR count). The van der Waals surface area contributed by atoms with Gasteiger partial charge >= 0.3 is 0 Å². The second kappa shape index (κ2) is 12.3. The molecule has 0 aliphatic carbocycles. The van der Waals surface area contributed by atoms with E-state index in [1.807, 2.05) is 69.3 Å². The molecule has 0 N–H and O–H groups in total. The van der Waals surface area contributed by atoms with Crippen molar-refractivity contribution in [2.45, 2.75) is 58.2 Å². The summed E-state index contributed by atoms with van der Waals surface area (Å²) < 4.78 is 46.2. The Balaban J connectivity index is 1.98. The summed E-state index contributed by atoms with van der Waals surface area (Å²) in [4.78, 5) is 8.77. The van der Waals surface area contributed by atoms with E-state index in [1.54, 1.807) is 33.5 Å². The molecule has 0 unspecified atom stereocenters. The standard InChI is InChI=1S/C27H35N3O5S/c1-19(2)35-26(27-28-15-20(3)16-29-27)21(4)36(31,32)30(17-22-7-11-24(33-5)12-8-22)18-23-9-13-25(34-6)14-10-23/h7-16,19,21,26H,17-18H2,1-6H3/t21-,26-/m0/s1. The lowest BCUT2D eigenvalue weighted by atomic mass is 10.2. The van der Waals surface area contributed by atoms with Crippen molar-refractivity contribution in [1.82, 2.24) is 14.3 Å². The van der Waals surface area contributed by atoms with Gasteiger partial charge in [-0.3, -0.25) is 0 Å². The Labute approximate surface area is 214 Å². The molecule has 0 amide bonds. The van der Waals surface area contributed by atoms with Gasteiger partial charge < -0.3 is 14.2 Å². The predicted octanol–water partition coefficient (Wildman–Crippen LogP) is 4.69. The highest BCUT2D eigenvalue weighted by atomic mass is 32.2. The Morgan fingerprint density at radius 2 is 1.25 bits per heavy atom. The number of rotatable bonds is 12. The van der Waals surface area contributed by atoms with Gasteiger partial charge in [-0.25, -0.2) is 18.4 Å². The van der Waals surface area contributed by atoms with Gasteiger partial charge in [0.15, 0.2) is 5.82 Å². The molecule has 0 bridgehead atoms. The molecule has 0 saturated carbocycles. The summed E-state index contributed by atoms with van der Waals surface area (Å²) in [7, 11) is -0.673. The van der Waals surface area contributed by atoms with Crippen LogP contribution in [0.4, 0.5) is 0 Å². The molecule has 0 spiro atoms. The zero-order valence-electron chi connectivity index (χ0n) is 21.7. The predicted molar refractivity (Wildman–Crippen MR) is 139 cm³/mol. The first kappa shape index (κ1) is 27.6. The highest BCUT2D eigenvalue weighted by molar-refractivity contribution is 7.89. The number of aryl methyl sites for hydroxylation is 1. The molecule has 8 nitrogen and oxygen atoms in total. The molecule has 2 atom stereocenters. The summed E-state index contributed by atoms with van der Waals surface area (Å²) in [5, 5.41) is -0.931. The lowest BCUT2D eigenvalue weighted by Crippen LogP contribution is -2.41. The van der Waals surface area contributed by atoms with E-state index in [0.717, 1.165) is 16.7 Å². The van der Waals surface area contributed by atoms with Crippen LogP contribution in [0.3, 0.4) is 0 Å². The summed E-state index contributed by atoms with van der Waals surface area (Å²) in [6.45, 7) is 7.64. The minimum Gasteiger partial charge on any atom is -0.497 e. The normalized spacial score (nSPS) is 13.6. The quantitative estimate of drug-likeness (QED) is 0.347. The van der Waals surface area contributed by atoms with Crippen LogP contribution in [-0.4, -0.2) is 48.3 Å². The maximum atomic E-state index is 14.1. The summed E-state index contributed by atoms with van der Waals surface area (Å²) in [6.07, 6.45) is 2.30. The molecule has 0 aliphatic rings. The van der Waals surface area contributed by atoms with E-state index >= 15 is 0 Å². The molecule has 0 aliphatic heterocycles. The number of methoxy groups -OCH3 is 2. The smallest absolute Gasteiger partial charge is 0.220 e. The molecule has 0 radical (unpaired) electrons. The van der Waals surface area contributed by atoms with Crippen molar-refractivity contribution in [2.75, 3.05) is 14.2 Å².